The Morgan fingerprint density at radius 1 is 1.32 bits per heavy atom. The SMILES string of the molecule is CCNC(C#N)(CC)CCCN(C)CCOC(C)C. The van der Waals surface area contributed by atoms with Gasteiger partial charge in [0.05, 0.1) is 18.8 Å². The highest BCUT2D eigenvalue weighted by atomic mass is 16.5. The van der Waals surface area contributed by atoms with E-state index >= 15 is 0 Å². The molecule has 4 nitrogen and oxygen atoms in total. The molecule has 0 radical (unpaired) electrons. The van der Waals surface area contributed by atoms with E-state index in [4.69, 9.17) is 4.74 Å². The molecule has 19 heavy (non-hydrogen) atoms. The van der Waals surface area contributed by atoms with Crippen molar-refractivity contribution in [2.45, 2.75) is 58.6 Å². The molecule has 4 heteroatoms. The fraction of sp³-hybridized carbons (Fsp3) is 0.933. The Morgan fingerprint density at radius 2 is 2.00 bits per heavy atom. The molecule has 0 rings (SSSR count). The van der Waals surface area contributed by atoms with E-state index < -0.39 is 0 Å². The maximum atomic E-state index is 9.33. The van der Waals surface area contributed by atoms with Crippen LogP contribution in [0, 0.1) is 11.3 Å². The van der Waals surface area contributed by atoms with Gasteiger partial charge in [-0.3, -0.25) is 5.32 Å². The van der Waals surface area contributed by atoms with Crippen LogP contribution in [0.25, 0.3) is 0 Å². The zero-order valence-electron chi connectivity index (χ0n) is 13.3. The van der Waals surface area contributed by atoms with Crippen LogP contribution in [0.2, 0.25) is 0 Å². The number of rotatable bonds is 11. The molecule has 0 heterocycles. The molecule has 0 saturated heterocycles. The van der Waals surface area contributed by atoms with Crippen LogP contribution in [0.3, 0.4) is 0 Å². The Morgan fingerprint density at radius 3 is 2.47 bits per heavy atom. The molecule has 0 saturated carbocycles. The van der Waals surface area contributed by atoms with Gasteiger partial charge in [0.1, 0.15) is 5.54 Å². The molecule has 0 bridgehead atoms. The molecule has 0 aliphatic carbocycles. The fourth-order valence-electron chi connectivity index (χ4n) is 2.11. The van der Waals surface area contributed by atoms with Gasteiger partial charge in [-0.25, -0.2) is 0 Å². The summed E-state index contributed by atoms with van der Waals surface area (Å²) in [6.45, 7) is 11.8. The predicted molar refractivity (Wildman–Crippen MR) is 80.1 cm³/mol. The molecule has 1 unspecified atom stereocenters. The highest BCUT2D eigenvalue weighted by Gasteiger charge is 2.25. The lowest BCUT2D eigenvalue weighted by molar-refractivity contribution is 0.0633. The zero-order chi connectivity index (χ0) is 14.7. The molecular weight excluding hydrogens is 238 g/mol. The highest BCUT2D eigenvalue weighted by molar-refractivity contribution is 5.05. The number of nitriles is 1. The average Bonchev–Trinajstić information content (AvgIpc) is 2.37. The number of nitrogens with one attached hydrogen (secondary N) is 1. The molecule has 0 fully saturated rings. The van der Waals surface area contributed by atoms with E-state index in [1.807, 2.05) is 0 Å². The van der Waals surface area contributed by atoms with Gasteiger partial charge in [-0.2, -0.15) is 5.26 Å². The minimum absolute atomic E-state index is 0.300. The lowest BCUT2D eigenvalue weighted by Crippen LogP contribution is -2.43. The van der Waals surface area contributed by atoms with Crippen LogP contribution in [0.1, 0.15) is 47.0 Å². The summed E-state index contributed by atoms with van der Waals surface area (Å²) in [4.78, 5) is 2.27. The predicted octanol–water partition coefficient (Wildman–Crippen LogP) is 2.41. The van der Waals surface area contributed by atoms with E-state index in [0.717, 1.165) is 45.5 Å². The molecule has 0 spiro atoms. The van der Waals surface area contributed by atoms with E-state index in [1.165, 1.54) is 0 Å². The minimum atomic E-state index is -0.343. The molecule has 0 aliphatic heterocycles. The van der Waals surface area contributed by atoms with Gasteiger partial charge in [0.2, 0.25) is 0 Å². The van der Waals surface area contributed by atoms with Crippen molar-refractivity contribution in [3.63, 3.8) is 0 Å². The van der Waals surface area contributed by atoms with Crippen LogP contribution in [0.15, 0.2) is 0 Å². The van der Waals surface area contributed by atoms with E-state index in [-0.39, 0.29) is 5.54 Å². The average molecular weight is 269 g/mol. The van der Waals surface area contributed by atoms with Crippen LogP contribution >= 0.6 is 0 Å². The Hall–Kier alpha value is -0.630. The third-order valence-corrected chi connectivity index (χ3v) is 3.40. The molecular formula is C15H31N3O. The van der Waals surface area contributed by atoms with E-state index in [1.54, 1.807) is 0 Å². The summed E-state index contributed by atoms with van der Waals surface area (Å²) in [5.74, 6) is 0. The maximum absolute atomic E-state index is 9.33. The Balaban J connectivity index is 3.89. The Bertz CT molecular complexity index is 263. The zero-order valence-corrected chi connectivity index (χ0v) is 13.3. The Labute approximate surface area is 119 Å². The summed E-state index contributed by atoms with van der Waals surface area (Å²) in [5, 5.41) is 12.7. The van der Waals surface area contributed by atoms with Crippen LogP contribution < -0.4 is 5.32 Å². The second-order valence-electron chi connectivity index (χ2n) is 5.40. The molecule has 1 atom stereocenters. The van der Waals surface area contributed by atoms with E-state index in [0.29, 0.717) is 6.10 Å². The summed E-state index contributed by atoms with van der Waals surface area (Å²) in [7, 11) is 2.11. The molecule has 1 N–H and O–H groups in total. The number of likely N-dealkylation sites (N-methyl/N-ethyl adjacent to an activating group) is 1. The summed E-state index contributed by atoms with van der Waals surface area (Å²) < 4.78 is 5.53. The van der Waals surface area contributed by atoms with Crippen molar-refractivity contribution in [1.82, 2.24) is 10.2 Å². The summed E-state index contributed by atoms with van der Waals surface area (Å²) in [5.41, 5.74) is -0.343. The van der Waals surface area contributed by atoms with Crippen LogP contribution in [-0.2, 0) is 4.74 Å². The van der Waals surface area contributed by atoms with Gasteiger partial charge >= 0.3 is 0 Å². The van der Waals surface area contributed by atoms with Gasteiger partial charge in [-0.1, -0.05) is 13.8 Å². The molecule has 0 amide bonds. The smallest absolute Gasteiger partial charge is 0.106 e. The van der Waals surface area contributed by atoms with Crippen molar-refractivity contribution in [2.75, 3.05) is 33.3 Å². The van der Waals surface area contributed by atoms with Crippen LogP contribution in [0.4, 0.5) is 0 Å². The topological polar surface area (TPSA) is 48.3 Å². The van der Waals surface area contributed by atoms with E-state index in [9.17, 15) is 5.26 Å². The lowest BCUT2D eigenvalue weighted by atomic mass is 9.92. The number of hydrogen-bond donors (Lipinski definition) is 1. The van der Waals surface area contributed by atoms with Crippen LogP contribution in [-0.4, -0.2) is 49.8 Å². The summed E-state index contributed by atoms with van der Waals surface area (Å²) in [6, 6.07) is 2.44. The van der Waals surface area contributed by atoms with Crippen molar-refractivity contribution < 1.29 is 4.74 Å². The van der Waals surface area contributed by atoms with Gasteiger partial charge in [0.25, 0.3) is 0 Å². The third kappa shape index (κ3) is 8.20. The fourth-order valence-corrected chi connectivity index (χ4v) is 2.11. The molecule has 112 valence electrons. The number of ether oxygens (including phenoxy) is 1. The largest absolute Gasteiger partial charge is 0.377 e. The van der Waals surface area contributed by atoms with Gasteiger partial charge in [0, 0.05) is 6.54 Å². The lowest BCUT2D eigenvalue weighted by Gasteiger charge is -2.27. The first-order valence-corrected chi connectivity index (χ1v) is 7.46. The van der Waals surface area contributed by atoms with Crippen LogP contribution in [0.5, 0.6) is 0 Å². The number of hydrogen-bond acceptors (Lipinski definition) is 4. The molecule has 0 aromatic rings. The van der Waals surface area contributed by atoms with E-state index in [2.05, 4.69) is 51.0 Å². The van der Waals surface area contributed by atoms with Gasteiger partial charge < -0.3 is 9.64 Å². The second kappa shape index (κ2) is 10.2. The third-order valence-electron chi connectivity index (χ3n) is 3.40. The van der Waals surface area contributed by atoms with Gasteiger partial charge in [-0.05, 0) is 53.2 Å². The van der Waals surface area contributed by atoms with Crippen molar-refractivity contribution in [3.05, 3.63) is 0 Å². The van der Waals surface area contributed by atoms with Gasteiger partial charge in [0.15, 0.2) is 0 Å². The highest BCUT2D eigenvalue weighted by Crippen LogP contribution is 2.16. The van der Waals surface area contributed by atoms with Crippen molar-refractivity contribution in [3.8, 4) is 6.07 Å². The number of nitrogens with zero attached hydrogens (tertiary/aromatic N) is 2. The molecule has 0 aliphatic rings. The quantitative estimate of drug-likeness (QED) is 0.626. The standard InChI is InChI=1S/C15H31N3O/c1-6-15(13-16,17-7-2)9-8-10-18(5)11-12-19-14(3)4/h14,17H,6-12H2,1-5H3. The Kier molecular flexibility index (Phi) is 9.85. The first-order chi connectivity index (χ1) is 8.99. The summed E-state index contributed by atoms with van der Waals surface area (Å²) >= 11 is 0. The molecule has 0 aromatic heterocycles. The monoisotopic (exact) mass is 269 g/mol. The second-order valence-corrected chi connectivity index (χ2v) is 5.40. The normalized spacial score (nSPS) is 14.6. The van der Waals surface area contributed by atoms with Crippen molar-refractivity contribution in [2.24, 2.45) is 0 Å². The van der Waals surface area contributed by atoms with Gasteiger partial charge in [-0.15, -0.1) is 0 Å². The molecule has 0 aromatic carbocycles. The first-order valence-electron chi connectivity index (χ1n) is 7.46. The van der Waals surface area contributed by atoms with Crippen molar-refractivity contribution >= 4 is 0 Å². The maximum Gasteiger partial charge on any atom is 0.106 e. The first kappa shape index (κ1) is 18.4. The minimum Gasteiger partial charge on any atom is -0.377 e. The summed E-state index contributed by atoms with van der Waals surface area (Å²) in [6.07, 6.45) is 3.10. The van der Waals surface area contributed by atoms with Crippen molar-refractivity contribution in [1.29, 1.82) is 5.26 Å².